The zero-order chi connectivity index (χ0) is 17.0. The largest absolute Gasteiger partial charge is 0.400 e. The lowest BCUT2D eigenvalue weighted by Crippen LogP contribution is -2.56. The molecule has 1 aliphatic heterocycles. The molecule has 1 aliphatic rings. The van der Waals surface area contributed by atoms with Crippen LogP contribution in [-0.2, 0) is 4.74 Å². The molecule has 8 nitrogen and oxygen atoms in total. The van der Waals surface area contributed by atoms with E-state index >= 15 is 0 Å². The second kappa shape index (κ2) is 13.5. The molecule has 0 saturated carbocycles. The molecule has 1 rings (SSSR count). The van der Waals surface area contributed by atoms with Gasteiger partial charge in [-0.1, -0.05) is 6.92 Å². The molecule has 22 heavy (non-hydrogen) atoms. The van der Waals surface area contributed by atoms with Crippen molar-refractivity contribution in [2.24, 2.45) is 0 Å². The normalized spacial score (nSPS) is 27.7. The third-order valence-corrected chi connectivity index (χ3v) is 3.54. The molecule has 0 amide bonds. The maximum absolute atomic E-state index is 10.1. The Bertz CT molecular complexity index is 266. The predicted molar refractivity (Wildman–Crippen MR) is 87.8 cm³/mol. The van der Waals surface area contributed by atoms with Crippen LogP contribution in [0.4, 0.5) is 0 Å². The number of thiol groups is 1. The van der Waals surface area contributed by atoms with Crippen LogP contribution in [0.5, 0.6) is 0 Å². The number of aliphatic hydroxyl groups is 4. The van der Waals surface area contributed by atoms with Crippen molar-refractivity contribution in [3.05, 3.63) is 0 Å². The predicted octanol–water partition coefficient (Wildman–Crippen LogP) is -2.53. The first-order valence-corrected chi connectivity index (χ1v) is 8.00. The molecule has 0 bridgehead atoms. The van der Waals surface area contributed by atoms with Crippen LogP contribution in [0.3, 0.4) is 0 Å². The van der Waals surface area contributed by atoms with E-state index in [2.05, 4.69) is 28.6 Å². The molecule has 0 spiro atoms. The van der Waals surface area contributed by atoms with Crippen LogP contribution in [0.25, 0.3) is 0 Å². The van der Waals surface area contributed by atoms with E-state index in [1.165, 1.54) is 0 Å². The summed E-state index contributed by atoms with van der Waals surface area (Å²) in [7, 11) is 1.00. The van der Waals surface area contributed by atoms with E-state index in [-0.39, 0.29) is 24.3 Å². The van der Waals surface area contributed by atoms with Gasteiger partial charge in [0.1, 0.15) is 5.50 Å². The highest BCUT2D eigenvalue weighted by Gasteiger charge is 2.30. The summed E-state index contributed by atoms with van der Waals surface area (Å²) in [6.45, 7) is 3.79. The Kier molecular flexibility index (Phi) is 13.5. The van der Waals surface area contributed by atoms with Gasteiger partial charge in [0.05, 0.1) is 37.6 Å². The lowest BCUT2D eigenvalue weighted by molar-refractivity contribution is -0.0661. The minimum atomic E-state index is -0.761. The Morgan fingerprint density at radius 1 is 1.36 bits per heavy atom. The lowest BCUT2D eigenvalue weighted by Gasteiger charge is -2.35. The summed E-state index contributed by atoms with van der Waals surface area (Å²) >= 11 is 4.32. The average molecular weight is 341 g/mol. The van der Waals surface area contributed by atoms with Crippen LogP contribution in [0.1, 0.15) is 13.3 Å². The van der Waals surface area contributed by atoms with E-state index in [4.69, 9.17) is 14.9 Å². The van der Waals surface area contributed by atoms with Gasteiger partial charge in [-0.15, -0.1) is 12.6 Å². The Morgan fingerprint density at radius 3 is 2.59 bits per heavy atom. The highest BCUT2D eigenvalue weighted by atomic mass is 32.1. The molecule has 1 fully saturated rings. The molecule has 0 aliphatic carbocycles. The van der Waals surface area contributed by atoms with Gasteiger partial charge < -0.3 is 30.5 Å². The molecule has 7 N–H and O–H groups in total. The van der Waals surface area contributed by atoms with Gasteiger partial charge in [-0.2, -0.15) is 0 Å². The molecule has 5 atom stereocenters. The molecule has 0 aromatic rings. The van der Waals surface area contributed by atoms with E-state index in [1.54, 1.807) is 0 Å². The van der Waals surface area contributed by atoms with Gasteiger partial charge in [0.25, 0.3) is 0 Å². The minimum absolute atomic E-state index is 0.0913. The van der Waals surface area contributed by atoms with Crippen molar-refractivity contribution in [1.82, 2.24) is 16.0 Å². The number of aliphatic hydroxyl groups excluding tert-OH is 4. The second-order valence-corrected chi connectivity index (χ2v) is 5.50. The van der Waals surface area contributed by atoms with Gasteiger partial charge >= 0.3 is 0 Å². The third kappa shape index (κ3) is 9.23. The summed E-state index contributed by atoms with van der Waals surface area (Å²) in [6, 6.07) is -0.143. The molecule has 134 valence electrons. The molecule has 0 aromatic heterocycles. The zero-order valence-electron chi connectivity index (χ0n) is 13.3. The van der Waals surface area contributed by atoms with Crippen molar-refractivity contribution >= 4 is 12.6 Å². The van der Waals surface area contributed by atoms with E-state index < -0.39 is 12.2 Å². The van der Waals surface area contributed by atoms with Gasteiger partial charge in [-0.3, -0.25) is 10.6 Å². The van der Waals surface area contributed by atoms with Crippen molar-refractivity contribution in [3.8, 4) is 0 Å². The van der Waals surface area contributed by atoms with E-state index in [0.717, 1.165) is 13.7 Å². The van der Waals surface area contributed by atoms with E-state index in [1.807, 2.05) is 6.92 Å². The standard InChI is InChI=1S/C12H27N3O4S.CH4O/c1-2-14-12(20)15-10-7-19-9(3-11(10)18)5-13-4-8(17)6-16;1-2/h8-18,20H,2-7H2,1H3;2H,1H3/t8?,9?,10-,11?,12?;/m0./s1. The van der Waals surface area contributed by atoms with Crippen LogP contribution in [0, 0.1) is 0 Å². The molecule has 0 aromatic carbocycles. The van der Waals surface area contributed by atoms with E-state index in [0.29, 0.717) is 26.1 Å². The minimum Gasteiger partial charge on any atom is -0.400 e. The summed E-state index contributed by atoms with van der Waals surface area (Å²) in [4.78, 5) is 0. The van der Waals surface area contributed by atoms with Crippen LogP contribution < -0.4 is 16.0 Å². The monoisotopic (exact) mass is 341 g/mol. The zero-order valence-corrected chi connectivity index (χ0v) is 14.2. The van der Waals surface area contributed by atoms with Crippen LogP contribution >= 0.6 is 12.6 Å². The second-order valence-electron chi connectivity index (χ2n) is 4.99. The molecule has 9 heteroatoms. The Labute approximate surface area is 137 Å². The maximum atomic E-state index is 10.1. The van der Waals surface area contributed by atoms with Crippen LogP contribution in [0.15, 0.2) is 0 Å². The quantitative estimate of drug-likeness (QED) is 0.170. The fraction of sp³-hybridized carbons (Fsp3) is 1.00. The first-order valence-electron chi connectivity index (χ1n) is 7.48. The van der Waals surface area contributed by atoms with Gasteiger partial charge in [-0.25, -0.2) is 0 Å². The topological polar surface area (TPSA) is 126 Å². The number of hydrogen-bond acceptors (Lipinski definition) is 9. The highest BCUT2D eigenvalue weighted by molar-refractivity contribution is 7.80. The number of rotatable bonds is 9. The molecule has 1 saturated heterocycles. The lowest BCUT2D eigenvalue weighted by atomic mass is 10.0. The fourth-order valence-corrected chi connectivity index (χ4v) is 2.46. The van der Waals surface area contributed by atoms with Gasteiger partial charge in [0.15, 0.2) is 0 Å². The summed E-state index contributed by atoms with van der Waals surface area (Å²) in [5, 5.41) is 44.3. The van der Waals surface area contributed by atoms with Gasteiger partial charge in [0.2, 0.25) is 0 Å². The van der Waals surface area contributed by atoms with Gasteiger partial charge in [0, 0.05) is 26.6 Å². The molecule has 4 unspecified atom stereocenters. The third-order valence-electron chi connectivity index (χ3n) is 3.21. The van der Waals surface area contributed by atoms with Crippen molar-refractivity contribution in [2.45, 2.75) is 43.2 Å². The fourth-order valence-electron chi connectivity index (χ4n) is 2.08. The van der Waals surface area contributed by atoms with Gasteiger partial charge in [-0.05, 0) is 6.54 Å². The Hall–Kier alpha value is 0.0300. The van der Waals surface area contributed by atoms with Crippen molar-refractivity contribution in [3.63, 3.8) is 0 Å². The SMILES string of the molecule is CCNC(S)N[C@H]1COC(CNCC(O)CO)CC1O.CO. The first-order chi connectivity index (χ1) is 10.6. The van der Waals surface area contributed by atoms with Crippen molar-refractivity contribution in [1.29, 1.82) is 0 Å². The maximum Gasteiger partial charge on any atom is 0.103 e. The highest BCUT2D eigenvalue weighted by Crippen LogP contribution is 2.14. The Morgan fingerprint density at radius 2 is 2.05 bits per heavy atom. The number of hydrogen-bond donors (Lipinski definition) is 8. The molecular formula is C13H31N3O5S. The number of ether oxygens (including phenoxy) is 1. The van der Waals surface area contributed by atoms with Crippen LogP contribution in [0.2, 0.25) is 0 Å². The van der Waals surface area contributed by atoms with E-state index in [9.17, 15) is 10.2 Å². The summed E-state index contributed by atoms with van der Waals surface area (Å²) in [5.41, 5.74) is -0.169. The summed E-state index contributed by atoms with van der Waals surface area (Å²) < 4.78 is 5.66. The summed E-state index contributed by atoms with van der Waals surface area (Å²) in [5.74, 6) is 0. The summed E-state index contributed by atoms with van der Waals surface area (Å²) in [6.07, 6.45) is -0.826. The van der Waals surface area contributed by atoms with Crippen LogP contribution in [-0.4, -0.2) is 90.2 Å². The number of nitrogens with one attached hydrogen (secondary N) is 3. The molecule has 0 radical (unpaired) electrons. The Balaban J connectivity index is 0.00000211. The van der Waals surface area contributed by atoms with Crippen molar-refractivity contribution < 1.29 is 25.2 Å². The smallest absolute Gasteiger partial charge is 0.103 e. The first kappa shape index (κ1) is 22.0. The average Bonchev–Trinajstić information content (AvgIpc) is 2.52. The molecular weight excluding hydrogens is 310 g/mol. The molecule has 1 heterocycles. The van der Waals surface area contributed by atoms with Crippen molar-refractivity contribution in [2.75, 3.05) is 40.0 Å².